The van der Waals surface area contributed by atoms with Gasteiger partial charge >= 0.3 is 0 Å². The fraction of sp³-hybridized carbons (Fsp3) is 0.182. The number of amides is 2. The van der Waals surface area contributed by atoms with Gasteiger partial charge in [0, 0.05) is 18.8 Å². The number of primary amides is 1. The average molecular weight is 418 g/mol. The maximum absolute atomic E-state index is 11.9. The molecule has 1 aromatic heterocycles. The lowest BCUT2D eigenvalue weighted by atomic mass is 10.1. The highest BCUT2D eigenvalue weighted by Gasteiger charge is 2.24. The number of carbonyl (C=O) groups is 2. The number of carbonyl (C=O) groups excluding carboxylic acids is 2. The number of hydrogen-bond acceptors (Lipinski definition) is 7. The van der Waals surface area contributed by atoms with Crippen LogP contribution in [0, 0.1) is 0 Å². The fourth-order valence-corrected chi connectivity index (χ4v) is 3.64. The Kier molecular flexibility index (Phi) is 5.40. The van der Waals surface area contributed by atoms with Gasteiger partial charge in [0.1, 0.15) is 11.6 Å². The smallest absolute Gasteiger partial charge is 0.254 e. The van der Waals surface area contributed by atoms with E-state index in [-0.39, 0.29) is 29.2 Å². The largest absolute Gasteiger partial charge is 0.506 e. The van der Waals surface area contributed by atoms with E-state index in [1.807, 2.05) is 12.1 Å². The Hall–Kier alpha value is -4.14. The Morgan fingerprint density at radius 3 is 2.77 bits per heavy atom. The van der Waals surface area contributed by atoms with Gasteiger partial charge in [-0.2, -0.15) is 4.98 Å². The van der Waals surface area contributed by atoms with Crippen molar-refractivity contribution < 1.29 is 14.7 Å². The van der Waals surface area contributed by atoms with Gasteiger partial charge in [-0.15, -0.1) is 0 Å². The number of hydrogen-bond donors (Lipinski definition) is 5. The Morgan fingerprint density at radius 2 is 2.00 bits per heavy atom. The molecule has 1 unspecified atom stereocenters. The lowest BCUT2D eigenvalue weighted by Crippen LogP contribution is -2.18. The molecule has 1 heterocycles. The summed E-state index contributed by atoms with van der Waals surface area (Å²) in [4.78, 5) is 31.8. The minimum absolute atomic E-state index is 0.00597. The summed E-state index contributed by atoms with van der Waals surface area (Å²) >= 11 is 0. The van der Waals surface area contributed by atoms with Gasteiger partial charge < -0.3 is 26.8 Å². The molecule has 9 nitrogen and oxygen atoms in total. The SMILES string of the molecule is CC(=O)Nc1ccc(O)c(Nc2ncc(C(N)=O)c(NC3CCc4ccccc43)n2)c1. The van der Waals surface area contributed by atoms with Crippen molar-refractivity contribution in [1.82, 2.24) is 9.97 Å². The third kappa shape index (κ3) is 4.40. The molecule has 1 aliphatic rings. The second kappa shape index (κ2) is 8.31. The first-order chi connectivity index (χ1) is 14.9. The van der Waals surface area contributed by atoms with Gasteiger partial charge in [0.2, 0.25) is 11.9 Å². The number of aromatic hydroxyl groups is 1. The summed E-state index contributed by atoms with van der Waals surface area (Å²) in [5.74, 6) is -0.452. The number of benzene rings is 2. The van der Waals surface area contributed by atoms with Crippen molar-refractivity contribution in [2.24, 2.45) is 5.73 Å². The molecule has 31 heavy (non-hydrogen) atoms. The maximum Gasteiger partial charge on any atom is 0.254 e. The van der Waals surface area contributed by atoms with E-state index >= 15 is 0 Å². The molecule has 0 saturated heterocycles. The second-order valence-electron chi connectivity index (χ2n) is 7.29. The first-order valence-corrected chi connectivity index (χ1v) is 9.79. The zero-order valence-corrected chi connectivity index (χ0v) is 16.8. The van der Waals surface area contributed by atoms with Crippen LogP contribution in [0.4, 0.5) is 23.1 Å². The highest BCUT2D eigenvalue weighted by molar-refractivity contribution is 5.97. The molecule has 0 aliphatic heterocycles. The zero-order valence-electron chi connectivity index (χ0n) is 16.8. The van der Waals surface area contributed by atoms with Crippen LogP contribution in [0.1, 0.15) is 40.9 Å². The molecule has 1 aliphatic carbocycles. The van der Waals surface area contributed by atoms with Crippen LogP contribution >= 0.6 is 0 Å². The first-order valence-electron chi connectivity index (χ1n) is 9.79. The molecule has 9 heteroatoms. The number of nitrogens with zero attached hydrogens (tertiary/aromatic N) is 2. The average Bonchev–Trinajstić information content (AvgIpc) is 3.13. The van der Waals surface area contributed by atoms with Crippen LogP contribution in [-0.4, -0.2) is 26.9 Å². The first kappa shape index (κ1) is 20.1. The van der Waals surface area contributed by atoms with Crippen molar-refractivity contribution in [2.75, 3.05) is 16.0 Å². The Bertz CT molecular complexity index is 1160. The van der Waals surface area contributed by atoms with Crippen LogP contribution < -0.4 is 21.7 Å². The number of aryl methyl sites for hydroxylation is 1. The molecule has 1 atom stereocenters. The van der Waals surface area contributed by atoms with Gasteiger partial charge in [-0.1, -0.05) is 24.3 Å². The number of anilines is 4. The second-order valence-corrected chi connectivity index (χ2v) is 7.29. The van der Waals surface area contributed by atoms with Gasteiger partial charge in [0.05, 0.1) is 17.3 Å². The van der Waals surface area contributed by atoms with E-state index in [2.05, 4.69) is 38.1 Å². The van der Waals surface area contributed by atoms with E-state index in [0.29, 0.717) is 17.2 Å². The topological polar surface area (TPSA) is 142 Å². The Labute approximate surface area is 178 Å². The quantitative estimate of drug-likeness (QED) is 0.306. The van der Waals surface area contributed by atoms with Crippen molar-refractivity contribution in [3.63, 3.8) is 0 Å². The number of phenolic OH excluding ortho intramolecular Hbond substituents is 1. The highest BCUT2D eigenvalue weighted by atomic mass is 16.3. The van der Waals surface area contributed by atoms with Crippen LogP contribution in [0.15, 0.2) is 48.7 Å². The van der Waals surface area contributed by atoms with Crippen molar-refractivity contribution in [3.8, 4) is 5.75 Å². The molecular formula is C22H22N6O3. The summed E-state index contributed by atoms with van der Waals surface area (Å²) in [6.45, 7) is 1.39. The molecule has 0 fully saturated rings. The molecule has 3 aromatic rings. The number of nitrogens with one attached hydrogen (secondary N) is 3. The molecule has 0 saturated carbocycles. The van der Waals surface area contributed by atoms with E-state index in [4.69, 9.17) is 5.73 Å². The van der Waals surface area contributed by atoms with Crippen LogP contribution in [-0.2, 0) is 11.2 Å². The van der Waals surface area contributed by atoms with Gasteiger partial charge in [-0.3, -0.25) is 9.59 Å². The fourth-order valence-electron chi connectivity index (χ4n) is 3.64. The number of nitrogens with two attached hydrogens (primary N) is 1. The van der Waals surface area contributed by atoms with Crippen molar-refractivity contribution in [3.05, 3.63) is 65.4 Å². The highest BCUT2D eigenvalue weighted by Crippen LogP contribution is 2.34. The van der Waals surface area contributed by atoms with Crippen molar-refractivity contribution in [2.45, 2.75) is 25.8 Å². The van der Waals surface area contributed by atoms with Crippen LogP contribution in [0.3, 0.4) is 0 Å². The molecule has 0 bridgehead atoms. The number of phenols is 1. The minimum atomic E-state index is -0.643. The van der Waals surface area contributed by atoms with E-state index in [0.717, 1.165) is 18.4 Å². The standard InChI is InChI=1S/C22H22N6O3/c1-12(29)25-14-7-9-19(30)18(10-14)27-22-24-11-16(20(23)31)21(28-22)26-17-8-6-13-4-2-3-5-15(13)17/h2-5,7,9-11,17,30H,6,8H2,1H3,(H2,23,31)(H,25,29)(H2,24,26,27,28). The summed E-state index contributed by atoms with van der Waals surface area (Å²) in [7, 11) is 0. The van der Waals surface area contributed by atoms with Crippen LogP contribution in [0.5, 0.6) is 5.75 Å². The molecule has 0 spiro atoms. The van der Waals surface area contributed by atoms with Crippen molar-refractivity contribution >= 4 is 35.0 Å². The summed E-state index contributed by atoms with van der Waals surface area (Å²) in [6.07, 6.45) is 3.14. The normalized spacial score (nSPS) is 14.5. The van der Waals surface area contributed by atoms with E-state index < -0.39 is 5.91 Å². The molecule has 4 rings (SSSR count). The van der Waals surface area contributed by atoms with Gasteiger partial charge in [-0.05, 0) is 42.2 Å². The van der Waals surface area contributed by atoms with E-state index in [9.17, 15) is 14.7 Å². The predicted molar refractivity (Wildman–Crippen MR) is 117 cm³/mol. The van der Waals surface area contributed by atoms with Gasteiger partial charge in [0.25, 0.3) is 5.91 Å². The van der Waals surface area contributed by atoms with E-state index in [1.165, 1.54) is 24.8 Å². The summed E-state index contributed by atoms with van der Waals surface area (Å²) in [5.41, 5.74) is 8.91. The lowest BCUT2D eigenvalue weighted by molar-refractivity contribution is -0.114. The Balaban J connectivity index is 1.62. The number of fused-ring (bicyclic) bond motifs is 1. The molecule has 2 aromatic carbocycles. The monoisotopic (exact) mass is 418 g/mol. The summed E-state index contributed by atoms with van der Waals surface area (Å²) < 4.78 is 0. The molecular weight excluding hydrogens is 396 g/mol. The molecule has 6 N–H and O–H groups in total. The lowest BCUT2D eigenvalue weighted by Gasteiger charge is -2.17. The van der Waals surface area contributed by atoms with Crippen molar-refractivity contribution in [1.29, 1.82) is 0 Å². The summed E-state index contributed by atoms with van der Waals surface area (Å²) in [5, 5.41) is 19.0. The van der Waals surface area contributed by atoms with Crippen LogP contribution in [0.2, 0.25) is 0 Å². The molecule has 2 amide bonds. The van der Waals surface area contributed by atoms with Gasteiger partial charge in [-0.25, -0.2) is 4.98 Å². The molecule has 158 valence electrons. The Morgan fingerprint density at radius 1 is 1.19 bits per heavy atom. The van der Waals surface area contributed by atoms with E-state index in [1.54, 1.807) is 12.1 Å². The third-order valence-corrected chi connectivity index (χ3v) is 5.06. The number of rotatable bonds is 6. The third-order valence-electron chi connectivity index (χ3n) is 5.06. The van der Waals surface area contributed by atoms with Crippen LogP contribution in [0.25, 0.3) is 0 Å². The minimum Gasteiger partial charge on any atom is -0.506 e. The number of aromatic nitrogens is 2. The summed E-state index contributed by atoms with van der Waals surface area (Å²) in [6, 6.07) is 12.7. The zero-order chi connectivity index (χ0) is 22.0. The molecule has 0 radical (unpaired) electrons. The predicted octanol–water partition coefficient (Wildman–Crippen LogP) is 3.08. The maximum atomic E-state index is 11.9. The van der Waals surface area contributed by atoms with Gasteiger partial charge in [0.15, 0.2) is 0 Å².